The van der Waals surface area contributed by atoms with Gasteiger partial charge in [0.15, 0.2) is 0 Å². The average molecular weight is 344 g/mol. The van der Waals surface area contributed by atoms with E-state index in [2.05, 4.69) is 31.2 Å². The van der Waals surface area contributed by atoms with Crippen LogP contribution in [-0.4, -0.2) is 5.91 Å². The lowest BCUT2D eigenvalue weighted by molar-refractivity contribution is -0.122. The van der Waals surface area contributed by atoms with E-state index in [4.69, 9.17) is 5.73 Å². The fourth-order valence-corrected chi connectivity index (χ4v) is 3.17. The Labute approximate surface area is 154 Å². The highest BCUT2D eigenvalue weighted by atomic mass is 16.1. The first-order valence-corrected chi connectivity index (χ1v) is 10.2. The van der Waals surface area contributed by atoms with Gasteiger partial charge >= 0.3 is 0 Å². The van der Waals surface area contributed by atoms with Crippen molar-refractivity contribution < 1.29 is 4.79 Å². The molecule has 1 unspecified atom stereocenters. The van der Waals surface area contributed by atoms with Crippen LogP contribution in [0, 0.1) is 5.92 Å². The Morgan fingerprint density at radius 1 is 0.920 bits per heavy atom. The van der Waals surface area contributed by atoms with Crippen molar-refractivity contribution in [2.75, 3.05) is 0 Å². The zero-order valence-electron chi connectivity index (χ0n) is 16.1. The zero-order valence-corrected chi connectivity index (χ0v) is 16.1. The van der Waals surface area contributed by atoms with Crippen LogP contribution >= 0.6 is 0 Å². The Balaban J connectivity index is 2.05. The SMILES string of the molecule is CCCCCC/C=C\CCCCCCC(Cc1ccccc1)C(N)=O. The van der Waals surface area contributed by atoms with Gasteiger partial charge in [0.1, 0.15) is 0 Å². The number of hydrogen-bond donors (Lipinski definition) is 1. The Hall–Kier alpha value is -1.57. The van der Waals surface area contributed by atoms with Gasteiger partial charge in [-0.2, -0.15) is 0 Å². The summed E-state index contributed by atoms with van der Waals surface area (Å²) in [4.78, 5) is 11.6. The first-order valence-electron chi connectivity index (χ1n) is 10.2. The first-order chi connectivity index (χ1) is 12.2. The molecule has 0 aliphatic heterocycles. The van der Waals surface area contributed by atoms with Crippen molar-refractivity contribution in [3.8, 4) is 0 Å². The number of unbranched alkanes of at least 4 members (excludes halogenated alkanes) is 8. The third-order valence-electron chi connectivity index (χ3n) is 4.79. The molecule has 2 N–H and O–H groups in total. The number of allylic oxidation sites excluding steroid dienone is 2. The maximum Gasteiger partial charge on any atom is 0.220 e. The molecule has 0 spiro atoms. The van der Waals surface area contributed by atoms with E-state index < -0.39 is 0 Å². The molecule has 0 saturated heterocycles. The van der Waals surface area contributed by atoms with Crippen LogP contribution in [0.5, 0.6) is 0 Å². The molecule has 0 heterocycles. The molecule has 1 aromatic rings. The third-order valence-corrected chi connectivity index (χ3v) is 4.79. The van der Waals surface area contributed by atoms with Crippen LogP contribution in [0.25, 0.3) is 0 Å². The molecule has 1 aromatic carbocycles. The van der Waals surface area contributed by atoms with E-state index in [1.165, 1.54) is 63.4 Å². The van der Waals surface area contributed by atoms with E-state index in [0.29, 0.717) is 0 Å². The van der Waals surface area contributed by atoms with Gasteiger partial charge in [-0.1, -0.05) is 87.9 Å². The van der Waals surface area contributed by atoms with Crippen molar-refractivity contribution in [1.82, 2.24) is 0 Å². The molecule has 0 aliphatic rings. The molecule has 25 heavy (non-hydrogen) atoms. The standard InChI is InChI=1S/C23H37NO/c1-2-3-4-5-6-7-8-9-10-11-12-16-19-22(23(24)25)20-21-17-14-13-15-18-21/h7-8,13-15,17-18,22H,2-6,9-12,16,19-20H2,1H3,(H2,24,25)/b8-7-. The van der Waals surface area contributed by atoms with E-state index in [-0.39, 0.29) is 11.8 Å². The van der Waals surface area contributed by atoms with Crippen molar-refractivity contribution in [2.24, 2.45) is 11.7 Å². The van der Waals surface area contributed by atoms with E-state index >= 15 is 0 Å². The van der Waals surface area contributed by atoms with Crippen molar-refractivity contribution in [2.45, 2.75) is 84.0 Å². The second-order valence-electron chi connectivity index (χ2n) is 7.10. The molecule has 1 atom stereocenters. The van der Waals surface area contributed by atoms with Gasteiger partial charge in [-0.25, -0.2) is 0 Å². The Bertz CT molecular complexity index is 466. The van der Waals surface area contributed by atoms with Gasteiger partial charge in [0.25, 0.3) is 0 Å². The van der Waals surface area contributed by atoms with Crippen LogP contribution in [0.4, 0.5) is 0 Å². The minimum atomic E-state index is -0.158. The topological polar surface area (TPSA) is 43.1 Å². The number of nitrogens with two attached hydrogens (primary N) is 1. The fraction of sp³-hybridized carbons (Fsp3) is 0.609. The number of benzene rings is 1. The fourth-order valence-electron chi connectivity index (χ4n) is 3.17. The molecule has 140 valence electrons. The molecule has 0 saturated carbocycles. The number of carbonyl (C=O) groups excluding carboxylic acids is 1. The van der Waals surface area contributed by atoms with Crippen LogP contribution in [-0.2, 0) is 11.2 Å². The van der Waals surface area contributed by atoms with Crippen molar-refractivity contribution in [1.29, 1.82) is 0 Å². The molecule has 2 heteroatoms. The zero-order chi connectivity index (χ0) is 18.2. The molecule has 0 aromatic heterocycles. The van der Waals surface area contributed by atoms with Gasteiger partial charge in [0.05, 0.1) is 0 Å². The molecule has 1 amide bonds. The van der Waals surface area contributed by atoms with E-state index in [0.717, 1.165) is 19.3 Å². The summed E-state index contributed by atoms with van der Waals surface area (Å²) < 4.78 is 0. The van der Waals surface area contributed by atoms with Gasteiger partial charge in [-0.05, 0) is 44.1 Å². The number of hydrogen-bond acceptors (Lipinski definition) is 1. The number of carbonyl (C=O) groups is 1. The Kier molecular flexibility index (Phi) is 12.7. The van der Waals surface area contributed by atoms with Crippen LogP contribution in [0.3, 0.4) is 0 Å². The molecule has 1 rings (SSSR count). The van der Waals surface area contributed by atoms with Gasteiger partial charge < -0.3 is 5.73 Å². The summed E-state index contributed by atoms with van der Waals surface area (Å²) in [5.74, 6) is -0.180. The summed E-state index contributed by atoms with van der Waals surface area (Å²) in [7, 11) is 0. The summed E-state index contributed by atoms with van der Waals surface area (Å²) in [5, 5.41) is 0. The molecule has 0 fully saturated rings. The summed E-state index contributed by atoms with van der Waals surface area (Å²) in [6.45, 7) is 2.25. The second-order valence-corrected chi connectivity index (χ2v) is 7.10. The Morgan fingerprint density at radius 2 is 1.52 bits per heavy atom. The highest BCUT2D eigenvalue weighted by Crippen LogP contribution is 2.17. The lowest BCUT2D eigenvalue weighted by Crippen LogP contribution is -2.25. The maximum absolute atomic E-state index is 11.6. The first kappa shape index (κ1) is 21.5. The number of amides is 1. The molecule has 0 bridgehead atoms. The van der Waals surface area contributed by atoms with Gasteiger partial charge in [-0.15, -0.1) is 0 Å². The number of rotatable bonds is 15. The van der Waals surface area contributed by atoms with E-state index in [1.54, 1.807) is 0 Å². The van der Waals surface area contributed by atoms with Crippen molar-refractivity contribution in [3.63, 3.8) is 0 Å². The van der Waals surface area contributed by atoms with Crippen LogP contribution in [0.2, 0.25) is 0 Å². The summed E-state index contributed by atoms with van der Waals surface area (Å²) in [6.07, 6.45) is 19.0. The van der Waals surface area contributed by atoms with Gasteiger partial charge in [0.2, 0.25) is 5.91 Å². The normalized spacial score (nSPS) is 12.5. The Morgan fingerprint density at radius 3 is 2.12 bits per heavy atom. The summed E-state index contributed by atoms with van der Waals surface area (Å²) in [6, 6.07) is 10.2. The van der Waals surface area contributed by atoms with Crippen molar-refractivity contribution in [3.05, 3.63) is 48.0 Å². The highest BCUT2D eigenvalue weighted by Gasteiger charge is 2.15. The summed E-state index contributed by atoms with van der Waals surface area (Å²) in [5.41, 5.74) is 6.78. The van der Waals surface area contributed by atoms with Crippen LogP contribution in [0.1, 0.15) is 83.1 Å². The van der Waals surface area contributed by atoms with E-state index in [9.17, 15) is 4.79 Å². The lowest BCUT2D eigenvalue weighted by Gasteiger charge is -2.13. The predicted octanol–water partition coefficient (Wildman–Crippen LogP) is 6.20. The highest BCUT2D eigenvalue weighted by molar-refractivity contribution is 5.76. The molecular formula is C23H37NO. The van der Waals surface area contributed by atoms with Crippen LogP contribution in [0.15, 0.2) is 42.5 Å². The number of primary amides is 1. The maximum atomic E-state index is 11.6. The molecule has 0 radical (unpaired) electrons. The molecule has 0 aliphatic carbocycles. The molecule has 2 nitrogen and oxygen atoms in total. The monoisotopic (exact) mass is 343 g/mol. The lowest BCUT2D eigenvalue weighted by atomic mass is 9.93. The van der Waals surface area contributed by atoms with Gasteiger partial charge in [-0.3, -0.25) is 4.79 Å². The predicted molar refractivity (Wildman–Crippen MR) is 108 cm³/mol. The largest absolute Gasteiger partial charge is 0.369 e. The van der Waals surface area contributed by atoms with Crippen molar-refractivity contribution >= 4 is 5.91 Å². The van der Waals surface area contributed by atoms with Crippen LogP contribution < -0.4 is 5.73 Å². The summed E-state index contributed by atoms with van der Waals surface area (Å²) >= 11 is 0. The minimum absolute atomic E-state index is 0.0228. The minimum Gasteiger partial charge on any atom is -0.369 e. The third kappa shape index (κ3) is 11.6. The van der Waals surface area contributed by atoms with E-state index in [1.807, 2.05) is 18.2 Å². The van der Waals surface area contributed by atoms with Gasteiger partial charge in [0, 0.05) is 5.92 Å². The average Bonchev–Trinajstić information content (AvgIpc) is 2.62. The quantitative estimate of drug-likeness (QED) is 0.299. The smallest absolute Gasteiger partial charge is 0.220 e. The second kappa shape index (κ2) is 14.7. The molecular weight excluding hydrogens is 306 g/mol.